The summed E-state index contributed by atoms with van der Waals surface area (Å²) in [5.41, 5.74) is -1.23. The molecule has 0 spiro atoms. The van der Waals surface area contributed by atoms with Crippen LogP contribution in [0.15, 0.2) is 0 Å². The van der Waals surface area contributed by atoms with Gasteiger partial charge in [-0.25, -0.2) is 0 Å². The Morgan fingerprint density at radius 3 is 2.46 bits per heavy atom. The molecule has 3 N–H and O–H groups in total. The first-order valence-electron chi connectivity index (χ1n) is 10.00. The molecule has 1 atom stereocenters. The van der Waals surface area contributed by atoms with Gasteiger partial charge < -0.3 is 20.4 Å². The second-order valence-corrected chi connectivity index (χ2v) is 8.28. The van der Waals surface area contributed by atoms with Crippen molar-refractivity contribution in [2.24, 2.45) is 5.92 Å². The first-order valence-corrected chi connectivity index (χ1v) is 10.00. The molecule has 3 rings (SSSR count). The number of hydrogen-bond donors (Lipinski definition) is 3. The second-order valence-electron chi connectivity index (χ2n) is 8.28. The molecule has 2 saturated carbocycles. The number of nitrogens with zero attached hydrogens (tertiary/aromatic N) is 1. The number of aliphatic hydroxyl groups excluding tert-OH is 1. The van der Waals surface area contributed by atoms with E-state index in [4.69, 9.17) is 0 Å². The summed E-state index contributed by atoms with van der Waals surface area (Å²) in [6, 6.07) is 0.318. The molecule has 1 aliphatic heterocycles. The third-order valence-electron chi connectivity index (χ3n) is 6.29. The fourth-order valence-corrected chi connectivity index (χ4v) is 4.68. The Balaban J connectivity index is 1.50. The van der Waals surface area contributed by atoms with Crippen LogP contribution in [-0.2, 0) is 4.79 Å². The van der Waals surface area contributed by atoms with Crippen molar-refractivity contribution in [2.45, 2.75) is 88.4 Å². The van der Waals surface area contributed by atoms with Crippen LogP contribution in [0.2, 0.25) is 0 Å². The minimum Gasteiger partial charge on any atom is -0.393 e. The van der Waals surface area contributed by atoms with E-state index >= 15 is 0 Å². The molecule has 5 nitrogen and oxygen atoms in total. The van der Waals surface area contributed by atoms with Gasteiger partial charge in [0.15, 0.2) is 5.60 Å². The van der Waals surface area contributed by atoms with E-state index in [0.29, 0.717) is 24.9 Å². The predicted octanol–water partition coefficient (Wildman–Crippen LogP) is 1.81. The van der Waals surface area contributed by atoms with Gasteiger partial charge in [-0.2, -0.15) is 0 Å². The highest BCUT2D eigenvalue weighted by molar-refractivity contribution is 5.86. The highest BCUT2D eigenvalue weighted by atomic mass is 16.3. The SMILES string of the molecule is O=C1N(CC2CCCCC2)CCCC1(O)CNC1CCC(O)CC1. The maximum absolute atomic E-state index is 12.8. The lowest BCUT2D eigenvalue weighted by molar-refractivity contribution is -0.157. The van der Waals surface area contributed by atoms with E-state index < -0.39 is 5.60 Å². The van der Waals surface area contributed by atoms with Crippen LogP contribution >= 0.6 is 0 Å². The molecule has 24 heavy (non-hydrogen) atoms. The van der Waals surface area contributed by atoms with Crippen LogP contribution < -0.4 is 5.32 Å². The maximum Gasteiger partial charge on any atom is 0.255 e. The van der Waals surface area contributed by atoms with E-state index in [2.05, 4.69) is 5.32 Å². The van der Waals surface area contributed by atoms with E-state index in [-0.39, 0.29) is 12.0 Å². The van der Waals surface area contributed by atoms with E-state index in [1.54, 1.807) is 0 Å². The first kappa shape index (κ1) is 18.2. The summed E-state index contributed by atoms with van der Waals surface area (Å²) < 4.78 is 0. The van der Waals surface area contributed by atoms with Crippen molar-refractivity contribution in [2.75, 3.05) is 19.6 Å². The fraction of sp³-hybridized carbons (Fsp3) is 0.947. The van der Waals surface area contributed by atoms with Crippen LogP contribution in [0.5, 0.6) is 0 Å². The van der Waals surface area contributed by atoms with Gasteiger partial charge in [0.2, 0.25) is 0 Å². The minimum absolute atomic E-state index is 0.0670. The number of hydrogen-bond acceptors (Lipinski definition) is 4. The lowest BCUT2D eigenvalue weighted by atomic mass is 9.86. The number of piperidine rings is 1. The molecule has 2 aliphatic carbocycles. The number of amides is 1. The van der Waals surface area contributed by atoms with Gasteiger partial charge in [0.1, 0.15) is 0 Å². The minimum atomic E-state index is -1.23. The first-order chi connectivity index (χ1) is 11.6. The third-order valence-corrected chi connectivity index (χ3v) is 6.29. The predicted molar refractivity (Wildman–Crippen MR) is 93.6 cm³/mol. The zero-order valence-corrected chi connectivity index (χ0v) is 14.9. The van der Waals surface area contributed by atoms with Crippen LogP contribution in [0, 0.1) is 5.92 Å². The Morgan fingerprint density at radius 2 is 1.75 bits per heavy atom. The number of likely N-dealkylation sites (tertiary alicyclic amines) is 1. The van der Waals surface area contributed by atoms with E-state index in [1.165, 1.54) is 32.1 Å². The average Bonchev–Trinajstić information content (AvgIpc) is 2.60. The number of carbonyl (C=O) groups excluding carboxylic acids is 1. The Morgan fingerprint density at radius 1 is 1.04 bits per heavy atom. The molecule has 5 heteroatoms. The van der Waals surface area contributed by atoms with Crippen LogP contribution in [-0.4, -0.2) is 58.4 Å². The van der Waals surface area contributed by atoms with E-state index in [9.17, 15) is 15.0 Å². The highest BCUT2D eigenvalue weighted by Crippen LogP contribution is 2.29. The molecule has 3 aliphatic rings. The lowest BCUT2D eigenvalue weighted by Crippen LogP contribution is -2.59. The van der Waals surface area contributed by atoms with Gasteiger partial charge in [0.25, 0.3) is 5.91 Å². The average molecular weight is 338 g/mol. The van der Waals surface area contributed by atoms with Gasteiger partial charge in [0.05, 0.1) is 6.10 Å². The topological polar surface area (TPSA) is 72.8 Å². The number of carbonyl (C=O) groups is 1. The summed E-state index contributed by atoms with van der Waals surface area (Å²) in [5, 5.41) is 23.9. The normalized spacial score (nSPS) is 36.1. The van der Waals surface area contributed by atoms with Gasteiger partial charge in [-0.15, -0.1) is 0 Å². The van der Waals surface area contributed by atoms with Crippen molar-refractivity contribution < 1.29 is 15.0 Å². The Bertz CT molecular complexity index is 417. The molecule has 0 aromatic carbocycles. The van der Waals surface area contributed by atoms with Crippen molar-refractivity contribution >= 4 is 5.91 Å². The molecule has 0 radical (unpaired) electrons. The molecular weight excluding hydrogens is 304 g/mol. The molecule has 1 amide bonds. The van der Waals surface area contributed by atoms with Gasteiger partial charge >= 0.3 is 0 Å². The zero-order chi connectivity index (χ0) is 17.0. The number of nitrogens with one attached hydrogen (secondary N) is 1. The van der Waals surface area contributed by atoms with Gasteiger partial charge in [-0.3, -0.25) is 4.79 Å². The van der Waals surface area contributed by atoms with Crippen molar-refractivity contribution in [3.63, 3.8) is 0 Å². The van der Waals surface area contributed by atoms with Crippen molar-refractivity contribution in [1.82, 2.24) is 10.2 Å². The summed E-state index contributed by atoms with van der Waals surface area (Å²) in [5.74, 6) is 0.556. The largest absolute Gasteiger partial charge is 0.393 e. The Labute approximate surface area is 145 Å². The summed E-state index contributed by atoms with van der Waals surface area (Å²) in [7, 11) is 0. The van der Waals surface area contributed by atoms with Gasteiger partial charge in [-0.1, -0.05) is 19.3 Å². The summed E-state index contributed by atoms with van der Waals surface area (Å²) in [4.78, 5) is 14.8. The van der Waals surface area contributed by atoms with Crippen LogP contribution in [0.1, 0.15) is 70.6 Å². The molecule has 3 fully saturated rings. The molecular formula is C19H34N2O3. The summed E-state index contributed by atoms with van der Waals surface area (Å²) in [6.45, 7) is 1.98. The molecule has 1 unspecified atom stereocenters. The summed E-state index contributed by atoms with van der Waals surface area (Å²) in [6.07, 6.45) is 11.1. The molecule has 138 valence electrons. The number of aliphatic hydroxyl groups is 2. The highest BCUT2D eigenvalue weighted by Gasteiger charge is 2.42. The van der Waals surface area contributed by atoms with Gasteiger partial charge in [0, 0.05) is 25.7 Å². The standard InChI is InChI=1S/C19H34N2O3/c22-17-9-7-16(8-10-17)20-14-19(24)11-4-12-21(18(19)23)13-15-5-2-1-3-6-15/h15-17,20,22,24H,1-14H2. The number of rotatable bonds is 5. The smallest absolute Gasteiger partial charge is 0.255 e. The van der Waals surface area contributed by atoms with Crippen molar-refractivity contribution in [3.05, 3.63) is 0 Å². The quantitative estimate of drug-likeness (QED) is 0.715. The second kappa shape index (κ2) is 8.15. The Hall–Kier alpha value is -0.650. The van der Waals surface area contributed by atoms with Crippen LogP contribution in [0.4, 0.5) is 0 Å². The van der Waals surface area contributed by atoms with Gasteiger partial charge in [-0.05, 0) is 57.3 Å². The summed E-state index contributed by atoms with van der Waals surface area (Å²) >= 11 is 0. The molecule has 1 heterocycles. The monoisotopic (exact) mass is 338 g/mol. The lowest BCUT2D eigenvalue weighted by Gasteiger charge is -2.41. The Kier molecular flexibility index (Phi) is 6.17. The maximum atomic E-state index is 12.8. The molecule has 0 bridgehead atoms. The van der Waals surface area contributed by atoms with E-state index in [1.807, 2.05) is 4.90 Å². The van der Waals surface area contributed by atoms with Crippen LogP contribution in [0.25, 0.3) is 0 Å². The molecule has 0 aromatic heterocycles. The van der Waals surface area contributed by atoms with E-state index in [0.717, 1.165) is 45.2 Å². The molecule has 0 aromatic rings. The fourth-order valence-electron chi connectivity index (χ4n) is 4.68. The van der Waals surface area contributed by atoms with Crippen molar-refractivity contribution in [3.8, 4) is 0 Å². The molecule has 1 saturated heterocycles. The third kappa shape index (κ3) is 4.50. The zero-order valence-electron chi connectivity index (χ0n) is 14.9. The van der Waals surface area contributed by atoms with Crippen LogP contribution in [0.3, 0.4) is 0 Å². The van der Waals surface area contributed by atoms with Crippen molar-refractivity contribution in [1.29, 1.82) is 0 Å².